The van der Waals surface area contributed by atoms with Gasteiger partial charge < -0.3 is 20.3 Å². The first-order chi connectivity index (χ1) is 13.1. The molecule has 0 saturated carbocycles. The van der Waals surface area contributed by atoms with Gasteiger partial charge in [0.25, 0.3) is 0 Å². The first-order valence-electron chi connectivity index (χ1n) is 9.87. The third-order valence-corrected chi connectivity index (χ3v) is 6.46. The van der Waals surface area contributed by atoms with E-state index in [1.165, 1.54) is 5.56 Å². The largest absolute Gasteiger partial charge is 0.390 e. The molecule has 1 saturated heterocycles. The summed E-state index contributed by atoms with van der Waals surface area (Å²) in [6.45, 7) is 4.07. The molecule has 1 aliphatic heterocycles. The second-order valence-electron chi connectivity index (χ2n) is 7.74. The molecule has 0 radical (unpaired) electrons. The second-order valence-corrected chi connectivity index (χ2v) is 7.74. The average molecular weight is 368 g/mol. The average Bonchev–Trinajstić information content (AvgIpc) is 3.25. The van der Waals surface area contributed by atoms with Crippen molar-refractivity contribution in [2.24, 2.45) is 5.73 Å². The van der Waals surface area contributed by atoms with Gasteiger partial charge in [-0.1, -0.05) is 31.2 Å². The molecule has 3 N–H and O–H groups in total. The first kappa shape index (κ1) is 18.2. The minimum atomic E-state index is -0.579. The summed E-state index contributed by atoms with van der Waals surface area (Å²) < 4.78 is 2.05. The van der Waals surface area contributed by atoms with Crippen LogP contribution in [0.4, 0.5) is 0 Å². The maximum Gasteiger partial charge on any atom is 0.224 e. The van der Waals surface area contributed by atoms with Crippen LogP contribution in [0.25, 0.3) is 0 Å². The first-order valence-corrected chi connectivity index (χ1v) is 9.87. The van der Waals surface area contributed by atoms with Crippen LogP contribution in [0.3, 0.4) is 0 Å². The summed E-state index contributed by atoms with van der Waals surface area (Å²) in [5.74, 6) is 1.19. The molecule has 1 fully saturated rings. The topological polar surface area (TPSA) is 84.4 Å². The third kappa shape index (κ3) is 2.97. The number of aliphatic hydroxyl groups is 1. The molecule has 0 bridgehead atoms. The van der Waals surface area contributed by atoms with Crippen molar-refractivity contribution in [1.82, 2.24) is 14.5 Å². The van der Waals surface area contributed by atoms with Gasteiger partial charge in [0.15, 0.2) is 0 Å². The highest BCUT2D eigenvalue weighted by Crippen LogP contribution is 2.50. The number of aliphatic hydroxyl groups excluding tert-OH is 1. The predicted molar refractivity (Wildman–Crippen MR) is 103 cm³/mol. The number of carbonyl (C=O) groups is 1. The van der Waals surface area contributed by atoms with Crippen molar-refractivity contribution >= 4 is 5.91 Å². The summed E-state index contributed by atoms with van der Waals surface area (Å²) >= 11 is 0. The van der Waals surface area contributed by atoms with E-state index in [-0.39, 0.29) is 17.4 Å². The van der Waals surface area contributed by atoms with Gasteiger partial charge in [0.2, 0.25) is 5.91 Å². The van der Waals surface area contributed by atoms with Gasteiger partial charge in [0, 0.05) is 50.3 Å². The van der Waals surface area contributed by atoms with Crippen molar-refractivity contribution in [1.29, 1.82) is 0 Å². The van der Waals surface area contributed by atoms with Crippen molar-refractivity contribution in [3.63, 3.8) is 0 Å². The molecule has 1 aromatic heterocycles. The van der Waals surface area contributed by atoms with Crippen LogP contribution in [0.2, 0.25) is 0 Å². The molecule has 1 aromatic carbocycles. The Labute approximate surface area is 160 Å². The molecule has 6 nitrogen and oxygen atoms in total. The van der Waals surface area contributed by atoms with E-state index < -0.39 is 6.10 Å². The van der Waals surface area contributed by atoms with E-state index >= 15 is 0 Å². The predicted octanol–water partition coefficient (Wildman–Crippen LogP) is 1.77. The van der Waals surface area contributed by atoms with Crippen molar-refractivity contribution in [3.05, 3.63) is 53.6 Å². The minimum Gasteiger partial charge on any atom is -0.390 e. The summed E-state index contributed by atoms with van der Waals surface area (Å²) in [7, 11) is 0. The van der Waals surface area contributed by atoms with Gasteiger partial charge in [-0.2, -0.15) is 0 Å². The van der Waals surface area contributed by atoms with E-state index in [1.807, 2.05) is 29.3 Å². The summed E-state index contributed by atoms with van der Waals surface area (Å²) in [6.07, 6.45) is 6.01. The number of aryl methyl sites for hydroxylation is 2. The summed E-state index contributed by atoms with van der Waals surface area (Å²) in [6, 6.07) is 7.76. The highest BCUT2D eigenvalue weighted by molar-refractivity contribution is 5.76. The number of hydrogen-bond acceptors (Lipinski definition) is 4. The Morgan fingerprint density at radius 2 is 2.07 bits per heavy atom. The zero-order valence-corrected chi connectivity index (χ0v) is 15.8. The van der Waals surface area contributed by atoms with Gasteiger partial charge in [-0.25, -0.2) is 4.98 Å². The summed E-state index contributed by atoms with van der Waals surface area (Å²) in [5.41, 5.74) is 8.19. The smallest absolute Gasteiger partial charge is 0.224 e. The SMILES string of the molecule is CCc1nccn1CCC(=O)N1CCC2(CC1)c1ccccc1[C@@H](N)[C@@H]2O. The lowest BCUT2D eigenvalue weighted by Gasteiger charge is -2.42. The lowest BCUT2D eigenvalue weighted by atomic mass is 9.72. The Bertz CT molecular complexity index is 823. The number of nitrogens with zero attached hydrogens (tertiary/aromatic N) is 3. The van der Waals surface area contributed by atoms with Gasteiger partial charge in [0.1, 0.15) is 5.82 Å². The number of amides is 1. The van der Waals surface area contributed by atoms with Gasteiger partial charge >= 0.3 is 0 Å². The van der Waals surface area contributed by atoms with Crippen LogP contribution in [0, 0.1) is 0 Å². The van der Waals surface area contributed by atoms with Crippen LogP contribution in [0.5, 0.6) is 0 Å². The second kappa shape index (κ2) is 7.09. The van der Waals surface area contributed by atoms with Crippen LogP contribution in [0.1, 0.15) is 49.2 Å². The fourth-order valence-electron chi connectivity index (χ4n) is 4.87. The van der Waals surface area contributed by atoms with Crippen LogP contribution in [-0.2, 0) is 23.2 Å². The van der Waals surface area contributed by atoms with Gasteiger partial charge in [-0.15, -0.1) is 0 Å². The van der Waals surface area contributed by atoms with E-state index in [2.05, 4.69) is 22.5 Å². The maximum atomic E-state index is 12.7. The Morgan fingerprint density at radius 1 is 1.33 bits per heavy atom. The molecular formula is C21H28N4O2. The molecule has 1 amide bonds. The van der Waals surface area contributed by atoms with Crippen LogP contribution < -0.4 is 5.73 Å². The summed E-state index contributed by atoms with van der Waals surface area (Å²) in [4.78, 5) is 18.9. The molecule has 4 rings (SSSR count). The van der Waals surface area contributed by atoms with Crippen LogP contribution in [-0.4, -0.2) is 44.7 Å². The number of piperidine rings is 1. The van der Waals surface area contributed by atoms with Crippen molar-refractivity contribution in [2.45, 2.75) is 56.7 Å². The Kier molecular flexibility index (Phi) is 4.78. The molecule has 2 aromatic rings. The van der Waals surface area contributed by atoms with E-state index in [4.69, 9.17) is 5.73 Å². The monoisotopic (exact) mass is 368 g/mol. The molecule has 6 heteroatoms. The lowest BCUT2D eigenvalue weighted by Crippen LogP contribution is -2.50. The fourth-order valence-corrected chi connectivity index (χ4v) is 4.87. The Hall–Kier alpha value is -2.18. The molecule has 2 atom stereocenters. The number of benzene rings is 1. The number of aromatic nitrogens is 2. The molecule has 0 unspecified atom stereocenters. The van der Waals surface area contributed by atoms with Crippen molar-refractivity contribution < 1.29 is 9.90 Å². The Morgan fingerprint density at radius 3 is 2.81 bits per heavy atom. The molecule has 1 aliphatic carbocycles. The Balaban J connectivity index is 1.41. The maximum absolute atomic E-state index is 12.7. The van der Waals surface area contributed by atoms with Crippen LogP contribution in [0.15, 0.2) is 36.7 Å². The normalized spacial score (nSPS) is 23.6. The third-order valence-electron chi connectivity index (χ3n) is 6.46. The molecule has 2 aliphatic rings. The quantitative estimate of drug-likeness (QED) is 0.861. The van der Waals surface area contributed by atoms with Crippen LogP contribution >= 0.6 is 0 Å². The lowest BCUT2D eigenvalue weighted by molar-refractivity contribution is -0.133. The highest BCUT2D eigenvalue weighted by Gasteiger charge is 2.51. The van der Waals surface area contributed by atoms with Gasteiger partial charge in [-0.05, 0) is 24.0 Å². The summed E-state index contributed by atoms with van der Waals surface area (Å²) in [5, 5.41) is 10.9. The number of nitrogens with two attached hydrogens (primary N) is 1. The number of hydrogen-bond donors (Lipinski definition) is 2. The van der Waals surface area contributed by atoms with Gasteiger partial charge in [0.05, 0.1) is 12.1 Å². The van der Waals surface area contributed by atoms with E-state index in [0.29, 0.717) is 26.1 Å². The number of imidazole rings is 1. The zero-order valence-electron chi connectivity index (χ0n) is 15.8. The van der Waals surface area contributed by atoms with Gasteiger partial charge in [-0.3, -0.25) is 4.79 Å². The number of fused-ring (bicyclic) bond motifs is 2. The van der Waals surface area contributed by atoms with E-state index in [0.717, 1.165) is 30.7 Å². The van der Waals surface area contributed by atoms with E-state index in [1.54, 1.807) is 6.20 Å². The zero-order chi connectivity index (χ0) is 19.0. The minimum absolute atomic E-state index is 0.172. The standard InChI is InChI=1S/C21H28N4O2/c1-2-17-23-10-14-24(17)11-7-18(26)25-12-8-21(9-13-25)16-6-4-3-5-15(16)19(22)20(21)27/h3-6,10,14,19-20,27H,2,7-9,11-13,22H2,1H3/t19-,20+/m1/s1. The van der Waals surface area contributed by atoms with E-state index in [9.17, 15) is 9.90 Å². The number of likely N-dealkylation sites (tertiary alicyclic amines) is 1. The number of rotatable bonds is 4. The number of carbonyl (C=O) groups excluding carboxylic acids is 1. The molecule has 27 heavy (non-hydrogen) atoms. The van der Waals surface area contributed by atoms with Crippen molar-refractivity contribution in [3.8, 4) is 0 Å². The fraction of sp³-hybridized carbons (Fsp3) is 0.524. The molecule has 144 valence electrons. The molecular weight excluding hydrogens is 340 g/mol. The van der Waals surface area contributed by atoms with Crippen molar-refractivity contribution in [2.75, 3.05) is 13.1 Å². The molecule has 2 heterocycles. The highest BCUT2D eigenvalue weighted by atomic mass is 16.3. The molecule has 1 spiro atoms.